The Labute approximate surface area is 118 Å². The molecule has 0 unspecified atom stereocenters. The molecule has 0 N–H and O–H groups in total. The average Bonchev–Trinajstić information content (AvgIpc) is 2.24. The smallest absolute Gasteiger partial charge is 0.0952 e. The van der Waals surface area contributed by atoms with E-state index in [0.717, 1.165) is 19.6 Å². The minimum Gasteiger partial charge on any atom is -0.299 e. The highest BCUT2D eigenvalue weighted by molar-refractivity contribution is 4.57. The second-order valence-electron chi connectivity index (χ2n) is 6.47. The van der Waals surface area contributed by atoms with Gasteiger partial charge in [0.2, 0.25) is 0 Å². The molecule has 0 atom stereocenters. The number of rotatable bonds is 9. The standard InChI is InChI=1S/C14H31NO4/c1-8-15(9-11-16-18-13(2,3)4)10-12-17-19-14(5,6)7/h8-12H2,1-7H3. The summed E-state index contributed by atoms with van der Waals surface area (Å²) in [6.07, 6.45) is 0. The highest BCUT2D eigenvalue weighted by Gasteiger charge is 2.13. The molecule has 19 heavy (non-hydrogen) atoms. The summed E-state index contributed by atoms with van der Waals surface area (Å²) in [5.74, 6) is 0. The molecule has 0 radical (unpaired) electrons. The van der Waals surface area contributed by atoms with E-state index in [-0.39, 0.29) is 11.2 Å². The van der Waals surface area contributed by atoms with Gasteiger partial charge < -0.3 is 0 Å². The molecule has 0 fully saturated rings. The minimum atomic E-state index is -0.263. The first kappa shape index (κ1) is 18.8. The third kappa shape index (κ3) is 14.0. The molecule has 0 spiro atoms. The molecule has 0 rings (SSSR count). The maximum absolute atomic E-state index is 5.21. The van der Waals surface area contributed by atoms with Crippen molar-refractivity contribution in [2.45, 2.75) is 59.7 Å². The van der Waals surface area contributed by atoms with Crippen LogP contribution in [0.15, 0.2) is 0 Å². The largest absolute Gasteiger partial charge is 0.299 e. The van der Waals surface area contributed by atoms with Crippen molar-refractivity contribution in [2.75, 3.05) is 32.8 Å². The Hall–Kier alpha value is -0.200. The Bertz CT molecular complexity index is 198. The molecule has 0 saturated heterocycles. The lowest BCUT2D eigenvalue weighted by Gasteiger charge is -2.23. The predicted molar refractivity (Wildman–Crippen MR) is 75.7 cm³/mol. The van der Waals surface area contributed by atoms with Gasteiger partial charge in [-0.05, 0) is 48.1 Å². The monoisotopic (exact) mass is 277 g/mol. The van der Waals surface area contributed by atoms with Crippen molar-refractivity contribution in [3.63, 3.8) is 0 Å². The van der Waals surface area contributed by atoms with Crippen LogP contribution in [0.1, 0.15) is 48.5 Å². The molecular formula is C14H31NO4. The van der Waals surface area contributed by atoms with Crippen LogP contribution in [0.25, 0.3) is 0 Å². The topological polar surface area (TPSA) is 40.2 Å². The van der Waals surface area contributed by atoms with Crippen molar-refractivity contribution in [1.29, 1.82) is 0 Å². The lowest BCUT2D eigenvalue weighted by Crippen LogP contribution is -2.32. The molecule has 116 valence electrons. The van der Waals surface area contributed by atoms with Gasteiger partial charge in [0.05, 0.1) is 24.4 Å². The first-order valence-electron chi connectivity index (χ1n) is 6.97. The third-order valence-corrected chi connectivity index (χ3v) is 2.05. The normalized spacial score (nSPS) is 13.3. The predicted octanol–water partition coefficient (Wildman–Crippen LogP) is 2.80. The Morgan fingerprint density at radius 2 is 1.11 bits per heavy atom. The van der Waals surface area contributed by atoms with Gasteiger partial charge in [-0.3, -0.25) is 4.90 Å². The quantitative estimate of drug-likeness (QED) is 0.368. The minimum absolute atomic E-state index is 0.263. The fourth-order valence-electron chi connectivity index (χ4n) is 1.20. The Balaban J connectivity index is 3.61. The van der Waals surface area contributed by atoms with Crippen LogP contribution in [0.5, 0.6) is 0 Å². The highest BCUT2D eigenvalue weighted by atomic mass is 17.2. The summed E-state index contributed by atoms with van der Waals surface area (Å²) in [5.41, 5.74) is -0.526. The first-order valence-corrected chi connectivity index (χ1v) is 6.97. The Kier molecular flexibility index (Phi) is 8.78. The molecule has 0 aromatic rings. The molecule has 0 bridgehead atoms. The van der Waals surface area contributed by atoms with Gasteiger partial charge in [-0.1, -0.05) is 6.92 Å². The van der Waals surface area contributed by atoms with Gasteiger partial charge in [0, 0.05) is 13.1 Å². The molecule has 0 aliphatic rings. The van der Waals surface area contributed by atoms with Gasteiger partial charge in [0.15, 0.2) is 0 Å². The Morgan fingerprint density at radius 3 is 1.37 bits per heavy atom. The fraction of sp³-hybridized carbons (Fsp3) is 1.00. The molecule has 0 aliphatic heterocycles. The summed E-state index contributed by atoms with van der Waals surface area (Å²) >= 11 is 0. The molecule has 0 saturated carbocycles. The molecule has 0 aromatic carbocycles. The molecule has 0 amide bonds. The van der Waals surface area contributed by atoms with Crippen molar-refractivity contribution < 1.29 is 19.6 Å². The summed E-state index contributed by atoms with van der Waals surface area (Å²) in [6, 6.07) is 0. The van der Waals surface area contributed by atoms with E-state index >= 15 is 0 Å². The van der Waals surface area contributed by atoms with Gasteiger partial charge in [-0.25, -0.2) is 19.6 Å². The summed E-state index contributed by atoms with van der Waals surface area (Å²) < 4.78 is 0. The molecule has 5 heteroatoms. The average molecular weight is 277 g/mol. The van der Waals surface area contributed by atoms with Gasteiger partial charge in [-0.2, -0.15) is 0 Å². The zero-order chi connectivity index (χ0) is 14.9. The number of nitrogens with zero attached hydrogens (tertiary/aromatic N) is 1. The van der Waals surface area contributed by atoms with E-state index < -0.39 is 0 Å². The van der Waals surface area contributed by atoms with Crippen molar-refractivity contribution in [3.8, 4) is 0 Å². The third-order valence-electron chi connectivity index (χ3n) is 2.05. The molecule has 5 nitrogen and oxygen atoms in total. The second-order valence-corrected chi connectivity index (χ2v) is 6.47. The lowest BCUT2D eigenvalue weighted by atomic mass is 10.2. The van der Waals surface area contributed by atoms with E-state index in [4.69, 9.17) is 19.6 Å². The van der Waals surface area contributed by atoms with Crippen LogP contribution in [0, 0.1) is 0 Å². The van der Waals surface area contributed by atoms with E-state index in [0.29, 0.717) is 13.2 Å². The van der Waals surface area contributed by atoms with Crippen LogP contribution in [-0.2, 0) is 19.6 Å². The fourth-order valence-corrected chi connectivity index (χ4v) is 1.20. The second kappa shape index (κ2) is 8.87. The summed E-state index contributed by atoms with van der Waals surface area (Å²) in [4.78, 5) is 23.0. The molecule has 0 heterocycles. The number of hydrogen-bond donors (Lipinski definition) is 0. The van der Waals surface area contributed by atoms with Gasteiger partial charge in [0.1, 0.15) is 0 Å². The first-order chi connectivity index (χ1) is 8.64. The zero-order valence-corrected chi connectivity index (χ0v) is 13.6. The summed E-state index contributed by atoms with van der Waals surface area (Å²) in [5, 5.41) is 0. The lowest BCUT2D eigenvalue weighted by molar-refractivity contribution is -0.353. The molecule has 0 aliphatic carbocycles. The summed E-state index contributed by atoms with van der Waals surface area (Å²) in [6.45, 7) is 17.5. The van der Waals surface area contributed by atoms with Crippen LogP contribution in [0.3, 0.4) is 0 Å². The van der Waals surface area contributed by atoms with Gasteiger partial charge in [-0.15, -0.1) is 0 Å². The highest BCUT2D eigenvalue weighted by Crippen LogP contribution is 2.07. The van der Waals surface area contributed by atoms with Crippen LogP contribution >= 0.6 is 0 Å². The van der Waals surface area contributed by atoms with Crippen molar-refractivity contribution in [1.82, 2.24) is 4.90 Å². The van der Waals surface area contributed by atoms with E-state index in [9.17, 15) is 0 Å². The van der Waals surface area contributed by atoms with Gasteiger partial charge >= 0.3 is 0 Å². The summed E-state index contributed by atoms with van der Waals surface area (Å²) in [7, 11) is 0. The van der Waals surface area contributed by atoms with Crippen LogP contribution in [-0.4, -0.2) is 49.0 Å². The van der Waals surface area contributed by atoms with E-state index in [1.807, 2.05) is 41.5 Å². The number of likely N-dealkylation sites (N-methyl/N-ethyl adjacent to an activating group) is 1. The SMILES string of the molecule is CCN(CCOOC(C)(C)C)CCOOC(C)(C)C. The van der Waals surface area contributed by atoms with E-state index in [2.05, 4.69) is 11.8 Å². The van der Waals surface area contributed by atoms with Crippen molar-refractivity contribution in [2.24, 2.45) is 0 Å². The Morgan fingerprint density at radius 1 is 0.737 bits per heavy atom. The maximum atomic E-state index is 5.21. The van der Waals surface area contributed by atoms with Crippen LogP contribution < -0.4 is 0 Å². The maximum Gasteiger partial charge on any atom is 0.0952 e. The van der Waals surface area contributed by atoms with Crippen molar-refractivity contribution in [3.05, 3.63) is 0 Å². The van der Waals surface area contributed by atoms with Gasteiger partial charge in [0.25, 0.3) is 0 Å². The van der Waals surface area contributed by atoms with E-state index in [1.165, 1.54) is 0 Å². The zero-order valence-electron chi connectivity index (χ0n) is 13.6. The number of hydrogen-bond acceptors (Lipinski definition) is 5. The van der Waals surface area contributed by atoms with Crippen LogP contribution in [0.2, 0.25) is 0 Å². The van der Waals surface area contributed by atoms with E-state index in [1.54, 1.807) is 0 Å². The molecular weight excluding hydrogens is 246 g/mol. The van der Waals surface area contributed by atoms with Crippen LogP contribution in [0.4, 0.5) is 0 Å². The molecule has 0 aromatic heterocycles. The van der Waals surface area contributed by atoms with Crippen molar-refractivity contribution >= 4 is 0 Å².